The summed E-state index contributed by atoms with van der Waals surface area (Å²) in [6, 6.07) is 11.7. The van der Waals surface area contributed by atoms with Crippen molar-refractivity contribution in [2.45, 2.75) is 45.1 Å². The van der Waals surface area contributed by atoms with Crippen LogP contribution in [0.3, 0.4) is 0 Å². The summed E-state index contributed by atoms with van der Waals surface area (Å²) in [4.78, 5) is 4.24. The van der Waals surface area contributed by atoms with Crippen LogP contribution in [0.1, 0.15) is 48.1 Å². The lowest BCUT2D eigenvalue weighted by Gasteiger charge is -2.20. The van der Waals surface area contributed by atoms with E-state index in [4.69, 9.17) is 0 Å². The van der Waals surface area contributed by atoms with Gasteiger partial charge in [-0.15, -0.1) is 0 Å². The SMILES string of the molecule is CCCNC(Cc1cccnc1)c1ccc2c(c1)CCC2. The van der Waals surface area contributed by atoms with Crippen molar-refractivity contribution in [1.29, 1.82) is 0 Å². The van der Waals surface area contributed by atoms with Gasteiger partial charge in [-0.2, -0.15) is 0 Å². The zero-order valence-corrected chi connectivity index (χ0v) is 12.8. The number of hydrogen-bond donors (Lipinski definition) is 1. The van der Waals surface area contributed by atoms with E-state index in [0.29, 0.717) is 6.04 Å². The molecule has 0 aliphatic heterocycles. The van der Waals surface area contributed by atoms with Crippen molar-refractivity contribution < 1.29 is 0 Å². The van der Waals surface area contributed by atoms with Crippen LogP contribution in [0.2, 0.25) is 0 Å². The van der Waals surface area contributed by atoms with E-state index in [1.165, 1.54) is 30.4 Å². The Hall–Kier alpha value is -1.67. The highest BCUT2D eigenvalue weighted by Gasteiger charge is 2.16. The quantitative estimate of drug-likeness (QED) is 0.869. The molecule has 1 aromatic carbocycles. The number of nitrogens with one attached hydrogen (secondary N) is 1. The molecule has 1 atom stereocenters. The molecule has 1 heterocycles. The minimum Gasteiger partial charge on any atom is -0.310 e. The molecule has 0 saturated carbocycles. The van der Waals surface area contributed by atoms with E-state index < -0.39 is 0 Å². The Balaban J connectivity index is 1.81. The Morgan fingerprint density at radius 3 is 2.90 bits per heavy atom. The van der Waals surface area contributed by atoms with Gasteiger partial charge in [0.25, 0.3) is 0 Å². The fraction of sp³-hybridized carbons (Fsp3) is 0.421. The van der Waals surface area contributed by atoms with E-state index in [-0.39, 0.29) is 0 Å². The fourth-order valence-corrected chi connectivity index (χ4v) is 3.19. The standard InChI is InChI=1S/C19H24N2/c1-2-10-21-19(12-15-5-4-11-20-14-15)18-9-8-16-6-3-7-17(16)13-18/h4-5,8-9,11,13-14,19,21H,2-3,6-7,10,12H2,1H3. The second kappa shape index (κ2) is 6.86. The first-order valence-electron chi connectivity index (χ1n) is 8.11. The molecule has 0 saturated heterocycles. The van der Waals surface area contributed by atoms with Gasteiger partial charge in [0.15, 0.2) is 0 Å². The minimum atomic E-state index is 0.389. The third-order valence-corrected chi connectivity index (χ3v) is 4.33. The lowest BCUT2D eigenvalue weighted by Crippen LogP contribution is -2.24. The number of hydrogen-bond acceptors (Lipinski definition) is 2. The van der Waals surface area contributed by atoms with E-state index in [0.717, 1.165) is 19.4 Å². The molecule has 1 aliphatic rings. The highest BCUT2D eigenvalue weighted by molar-refractivity contribution is 5.37. The van der Waals surface area contributed by atoms with Crippen molar-refractivity contribution >= 4 is 0 Å². The van der Waals surface area contributed by atoms with Crippen LogP contribution >= 0.6 is 0 Å². The summed E-state index contributed by atoms with van der Waals surface area (Å²) < 4.78 is 0. The van der Waals surface area contributed by atoms with Gasteiger partial charge in [-0.05, 0) is 67.0 Å². The third-order valence-electron chi connectivity index (χ3n) is 4.33. The summed E-state index contributed by atoms with van der Waals surface area (Å²) in [7, 11) is 0. The maximum absolute atomic E-state index is 4.24. The molecular formula is C19H24N2. The van der Waals surface area contributed by atoms with Crippen LogP contribution in [-0.2, 0) is 19.3 Å². The van der Waals surface area contributed by atoms with Crippen LogP contribution in [0, 0.1) is 0 Å². The van der Waals surface area contributed by atoms with Gasteiger partial charge in [0.05, 0.1) is 0 Å². The molecule has 21 heavy (non-hydrogen) atoms. The molecule has 110 valence electrons. The first-order chi connectivity index (χ1) is 10.4. The molecule has 1 unspecified atom stereocenters. The summed E-state index contributed by atoms with van der Waals surface area (Å²) in [5.74, 6) is 0. The zero-order valence-electron chi connectivity index (χ0n) is 12.8. The zero-order chi connectivity index (χ0) is 14.5. The molecule has 2 aromatic rings. The van der Waals surface area contributed by atoms with Crippen LogP contribution in [0.4, 0.5) is 0 Å². The van der Waals surface area contributed by atoms with Gasteiger partial charge in [0.1, 0.15) is 0 Å². The Bertz CT molecular complexity index is 577. The van der Waals surface area contributed by atoms with Crippen LogP contribution < -0.4 is 5.32 Å². The Morgan fingerprint density at radius 2 is 2.10 bits per heavy atom. The number of pyridine rings is 1. The highest BCUT2D eigenvalue weighted by atomic mass is 14.9. The minimum absolute atomic E-state index is 0.389. The van der Waals surface area contributed by atoms with Gasteiger partial charge < -0.3 is 5.32 Å². The van der Waals surface area contributed by atoms with Crippen molar-refractivity contribution in [2.75, 3.05) is 6.54 Å². The first-order valence-corrected chi connectivity index (χ1v) is 8.11. The molecular weight excluding hydrogens is 256 g/mol. The van der Waals surface area contributed by atoms with Crippen molar-refractivity contribution in [1.82, 2.24) is 10.3 Å². The number of aryl methyl sites for hydroxylation is 2. The predicted molar refractivity (Wildman–Crippen MR) is 87.4 cm³/mol. The van der Waals surface area contributed by atoms with Gasteiger partial charge in [0, 0.05) is 18.4 Å². The van der Waals surface area contributed by atoms with Gasteiger partial charge in [-0.3, -0.25) is 4.98 Å². The summed E-state index contributed by atoms with van der Waals surface area (Å²) >= 11 is 0. The number of aromatic nitrogens is 1. The Labute approximate surface area is 127 Å². The second-order valence-corrected chi connectivity index (χ2v) is 5.95. The van der Waals surface area contributed by atoms with Crippen LogP contribution in [0.5, 0.6) is 0 Å². The maximum Gasteiger partial charge on any atom is 0.0361 e. The predicted octanol–water partition coefficient (Wildman–Crippen LogP) is 3.85. The largest absolute Gasteiger partial charge is 0.310 e. The molecule has 0 amide bonds. The van der Waals surface area contributed by atoms with Crippen LogP contribution in [0.25, 0.3) is 0 Å². The molecule has 0 radical (unpaired) electrons. The first kappa shape index (κ1) is 14.3. The molecule has 3 rings (SSSR count). The van der Waals surface area contributed by atoms with Crippen LogP contribution in [0.15, 0.2) is 42.7 Å². The smallest absolute Gasteiger partial charge is 0.0361 e. The molecule has 1 aliphatic carbocycles. The second-order valence-electron chi connectivity index (χ2n) is 5.95. The summed E-state index contributed by atoms with van der Waals surface area (Å²) in [5, 5.41) is 3.70. The average molecular weight is 280 g/mol. The molecule has 0 bridgehead atoms. The maximum atomic E-state index is 4.24. The topological polar surface area (TPSA) is 24.9 Å². The van der Waals surface area contributed by atoms with Gasteiger partial charge >= 0.3 is 0 Å². The Morgan fingerprint density at radius 1 is 1.19 bits per heavy atom. The molecule has 2 heteroatoms. The van der Waals surface area contributed by atoms with Crippen LogP contribution in [-0.4, -0.2) is 11.5 Å². The fourth-order valence-electron chi connectivity index (χ4n) is 3.19. The van der Waals surface area contributed by atoms with Gasteiger partial charge in [-0.25, -0.2) is 0 Å². The summed E-state index contributed by atoms with van der Waals surface area (Å²) in [6.07, 6.45) is 9.80. The van der Waals surface area contributed by atoms with E-state index in [1.807, 2.05) is 18.5 Å². The normalized spacial score (nSPS) is 14.9. The third kappa shape index (κ3) is 3.51. The molecule has 1 N–H and O–H groups in total. The van der Waals surface area contributed by atoms with Crippen molar-refractivity contribution in [3.05, 3.63) is 65.0 Å². The lowest BCUT2D eigenvalue weighted by molar-refractivity contribution is 0.528. The van der Waals surface area contributed by atoms with Crippen molar-refractivity contribution in [2.24, 2.45) is 0 Å². The number of benzene rings is 1. The molecule has 0 spiro atoms. The number of fused-ring (bicyclic) bond motifs is 1. The molecule has 2 nitrogen and oxygen atoms in total. The monoisotopic (exact) mass is 280 g/mol. The summed E-state index contributed by atoms with van der Waals surface area (Å²) in [5.41, 5.74) is 5.83. The van der Waals surface area contributed by atoms with E-state index in [9.17, 15) is 0 Å². The molecule has 0 fully saturated rings. The summed E-state index contributed by atoms with van der Waals surface area (Å²) in [6.45, 7) is 3.28. The van der Waals surface area contributed by atoms with Gasteiger partial charge in [-0.1, -0.05) is 31.2 Å². The van der Waals surface area contributed by atoms with E-state index >= 15 is 0 Å². The molecule has 1 aromatic heterocycles. The van der Waals surface area contributed by atoms with E-state index in [1.54, 1.807) is 11.1 Å². The number of rotatable bonds is 6. The average Bonchev–Trinajstić information content (AvgIpc) is 3.00. The number of nitrogens with zero attached hydrogens (tertiary/aromatic N) is 1. The van der Waals surface area contributed by atoms with Crippen molar-refractivity contribution in [3.63, 3.8) is 0 Å². The highest BCUT2D eigenvalue weighted by Crippen LogP contribution is 2.27. The lowest BCUT2D eigenvalue weighted by atomic mass is 9.96. The Kier molecular flexibility index (Phi) is 4.66. The van der Waals surface area contributed by atoms with Gasteiger partial charge in [0.2, 0.25) is 0 Å². The van der Waals surface area contributed by atoms with Crippen molar-refractivity contribution in [3.8, 4) is 0 Å². The van der Waals surface area contributed by atoms with E-state index in [2.05, 4.69) is 41.5 Å².